The van der Waals surface area contributed by atoms with E-state index in [9.17, 15) is 0 Å². The Morgan fingerprint density at radius 1 is 1.36 bits per heavy atom. The molecule has 0 amide bonds. The van der Waals surface area contributed by atoms with Crippen molar-refractivity contribution in [1.82, 2.24) is 0 Å². The highest BCUT2D eigenvalue weighted by atomic mass is 35.5. The topological polar surface area (TPSA) is 64.4 Å². The fraction of sp³-hybridized carbons (Fsp3) is 0.857. The summed E-state index contributed by atoms with van der Waals surface area (Å²) in [6.07, 6.45) is 5.31. The van der Waals surface area contributed by atoms with Crippen LogP contribution in [-0.2, 0) is 0 Å². The molecule has 0 radical (unpaired) electrons. The highest BCUT2D eigenvalue weighted by molar-refractivity contribution is 5.85. The third-order valence-electron chi connectivity index (χ3n) is 2.06. The van der Waals surface area contributed by atoms with Gasteiger partial charge in [-0.15, -0.1) is 12.4 Å². The minimum atomic E-state index is 0. The first kappa shape index (κ1) is 10.6. The number of guanidine groups is 1. The fourth-order valence-corrected chi connectivity index (χ4v) is 1.16. The predicted octanol–water partition coefficient (Wildman–Crippen LogP) is 0.872. The summed E-state index contributed by atoms with van der Waals surface area (Å²) in [7, 11) is 0. The summed E-state index contributed by atoms with van der Waals surface area (Å²) in [4.78, 5) is 3.92. The lowest BCUT2D eigenvalue weighted by atomic mass is 9.83. The Labute approximate surface area is 73.7 Å². The zero-order valence-corrected chi connectivity index (χ0v) is 7.44. The van der Waals surface area contributed by atoms with Crippen LogP contribution in [0.4, 0.5) is 0 Å². The SMILES string of the molecule is Cl.NC(N)=NCCC1CCC1. The van der Waals surface area contributed by atoms with Gasteiger partial charge in [0, 0.05) is 6.54 Å². The van der Waals surface area contributed by atoms with Crippen molar-refractivity contribution in [3.63, 3.8) is 0 Å². The van der Waals surface area contributed by atoms with Crippen LogP contribution in [0.5, 0.6) is 0 Å². The van der Waals surface area contributed by atoms with E-state index in [1.54, 1.807) is 0 Å². The minimum absolute atomic E-state index is 0. The van der Waals surface area contributed by atoms with E-state index in [1.807, 2.05) is 0 Å². The third-order valence-corrected chi connectivity index (χ3v) is 2.06. The fourth-order valence-electron chi connectivity index (χ4n) is 1.16. The van der Waals surface area contributed by atoms with Crippen molar-refractivity contribution >= 4 is 18.4 Å². The molecule has 4 N–H and O–H groups in total. The van der Waals surface area contributed by atoms with Crippen LogP contribution >= 0.6 is 12.4 Å². The van der Waals surface area contributed by atoms with Crippen LogP contribution in [0.2, 0.25) is 0 Å². The monoisotopic (exact) mass is 177 g/mol. The molecule has 0 spiro atoms. The lowest BCUT2D eigenvalue weighted by Gasteiger charge is -2.24. The van der Waals surface area contributed by atoms with Crippen LogP contribution in [0.25, 0.3) is 0 Å². The van der Waals surface area contributed by atoms with Gasteiger partial charge in [-0.2, -0.15) is 0 Å². The average Bonchev–Trinajstić information content (AvgIpc) is 1.75. The lowest BCUT2D eigenvalue weighted by molar-refractivity contribution is 0.300. The number of nitrogens with two attached hydrogens (primary N) is 2. The van der Waals surface area contributed by atoms with E-state index >= 15 is 0 Å². The molecule has 0 unspecified atom stereocenters. The molecule has 0 aliphatic heterocycles. The molecule has 66 valence electrons. The highest BCUT2D eigenvalue weighted by Gasteiger charge is 2.15. The second-order valence-electron chi connectivity index (χ2n) is 2.89. The van der Waals surface area contributed by atoms with E-state index in [2.05, 4.69) is 4.99 Å². The van der Waals surface area contributed by atoms with E-state index in [0.29, 0.717) is 0 Å². The zero-order valence-electron chi connectivity index (χ0n) is 6.62. The first-order valence-electron chi connectivity index (χ1n) is 3.84. The van der Waals surface area contributed by atoms with Gasteiger partial charge in [-0.1, -0.05) is 19.3 Å². The van der Waals surface area contributed by atoms with Crippen molar-refractivity contribution in [1.29, 1.82) is 0 Å². The van der Waals surface area contributed by atoms with Crippen molar-refractivity contribution in [2.24, 2.45) is 22.4 Å². The largest absolute Gasteiger partial charge is 0.370 e. The molecule has 0 atom stereocenters. The van der Waals surface area contributed by atoms with Gasteiger partial charge in [0.1, 0.15) is 0 Å². The van der Waals surface area contributed by atoms with Crippen molar-refractivity contribution in [3.05, 3.63) is 0 Å². The van der Waals surface area contributed by atoms with Gasteiger partial charge in [0.05, 0.1) is 0 Å². The molecule has 0 aromatic rings. The summed E-state index contributed by atoms with van der Waals surface area (Å²) in [5.74, 6) is 1.13. The molecule has 0 aromatic carbocycles. The quantitative estimate of drug-likeness (QED) is 0.497. The molecule has 0 bridgehead atoms. The van der Waals surface area contributed by atoms with Crippen LogP contribution < -0.4 is 11.5 Å². The first-order valence-corrected chi connectivity index (χ1v) is 3.84. The Balaban J connectivity index is 0.000001000. The van der Waals surface area contributed by atoms with Gasteiger partial charge in [0.15, 0.2) is 5.96 Å². The van der Waals surface area contributed by atoms with Crippen molar-refractivity contribution in [3.8, 4) is 0 Å². The third kappa shape index (κ3) is 4.09. The van der Waals surface area contributed by atoms with Gasteiger partial charge in [0.25, 0.3) is 0 Å². The number of rotatable bonds is 3. The maximum Gasteiger partial charge on any atom is 0.185 e. The standard InChI is InChI=1S/C7H15N3.ClH/c8-7(9)10-5-4-6-2-1-3-6;/h6H,1-5H2,(H4,8,9,10);1H. The van der Waals surface area contributed by atoms with Gasteiger partial charge in [0.2, 0.25) is 0 Å². The molecule has 0 saturated heterocycles. The molecule has 1 aliphatic rings. The summed E-state index contributed by atoms with van der Waals surface area (Å²) in [5.41, 5.74) is 10.3. The predicted molar refractivity (Wildman–Crippen MR) is 49.9 cm³/mol. The first-order chi connectivity index (χ1) is 4.79. The molecule has 1 rings (SSSR count). The molecule has 1 aliphatic carbocycles. The van der Waals surface area contributed by atoms with E-state index < -0.39 is 0 Å². The van der Waals surface area contributed by atoms with E-state index in [4.69, 9.17) is 11.5 Å². The molecule has 11 heavy (non-hydrogen) atoms. The second kappa shape index (κ2) is 5.24. The number of nitrogens with zero attached hydrogens (tertiary/aromatic N) is 1. The lowest BCUT2D eigenvalue weighted by Crippen LogP contribution is -2.23. The van der Waals surface area contributed by atoms with Gasteiger partial charge in [-0.3, -0.25) is 4.99 Å². The van der Waals surface area contributed by atoms with E-state index in [0.717, 1.165) is 18.9 Å². The molecule has 4 heteroatoms. The molecule has 0 heterocycles. The minimum Gasteiger partial charge on any atom is -0.370 e. The van der Waals surface area contributed by atoms with Crippen LogP contribution in [0.1, 0.15) is 25.7 Å². The summed E-state index contributed by atoms with van der Waals surface area (Å²) in [6.45, 7) is 0.812. The Morgan fingerprint density at radius 2 is 2.00 bits per heavy atom. The second-order valence-corrected chi connectivity index (χ2v) is 2.89. The Kier molecular flexibility index (Phi) is 5.03. The Bertz CT molecular complexity index is 128. The smallest absolute Gasteiger partial charge is 0.185 e. The summed E-state index contributed by atoms with van der Waals surface area (Å²) in [6, 6.07) is 0. The molecular weight excluding hydrogens is 162 g/mol. The van der Waals surface area contributed by atoms with Crippen LogP contribution in [0.15, 0.2) is 4.99 Å². The van der Waals surface area contributed by atoms with Crippen molar-refractivity contribution < 1.29 is 0 Å². The molecule has 0 aromatic heterocycles. The van der Waals surface area contributed by atoms with E-state index in [1.165, 1.54) is 19.3 Å². The number of hydrogen-bond donors (Lipinski definition) is 2. The summed E-state index contributed by atoms with van der Waals surface area (Å²) in [5, 5.41) is 0. The summed E-state index contributed by atoms with van der Waals surface area (Å²) < 4.78 is 0. The van der Waals surface area contributed by atoms with Gasteiger partial charge < -0.3 is 11.5 Å². The van der Waals surface area contributed by atoms with Gasteiger partial charge in [-0.05, 0) is 12.3 Å². The molecule has 1 fully saturated rings. The maximum absolute atomic E-state index is 5.17. The molecule has 1 saturated carbocycles. The van der Waals surface area contributed by atoms with Crippen LogP contribution in [0.3, 0.4) is 0 Å². The Morgan fingerprint density at radius 3 is 2.36 bits per heavy atom. The Hall–Kier alpha value is -0.440. The number of hydrogen-bond acceptors (Lipinski definition) is 1. The van der Waals surface area contributed by atoms with E-state index in [-0.39, 0.29) is 18.4 Å². The molecular formula is C7H16ClN3. The van der Waals surface area contributed by atoms with Gasteiger partial charge in [-0.25, -0.2) is 0 Å². The average molecular weight is 178 g/mol. The van der Waals surface area contributed by atoms with Gasteiger partial charge >= 0.3 is 0 Å². The van der Waals surface area contributed by atoms with Crippen LogP contribution in [-0.4, -0.2) is 12.5 Å². The zero-order chi connectivity index (χ0) is 7.40. The summed E-state index contributed by atoms with van der Waals surface area (Å²) >= 11 is 0. The number of aliphatic imine (C=N–C) groups is 1. The van der Waals surface area contributed by atoms with Crippen LogP contribution in [0, 0.1) is 5.92 Å². The maximum atomic E-state index is 5.17. The number of halogens is 1. The van der Waals surface area contributed by atoms with Crippen molar-refractivity contribution in [2.45, 2.75) is 25.7 Å². The highest BCUT2D eigenvalue weighted by Crippen LogP contribution is 2.28. The van der Waals surface area contributed by atoms with Crippen molar-refractivity contribution in [2.75, 3.05) is 6.54 Å². The normalized spacial score (nSPS) is 16.4. The molecule has 3 nitrogen and oxygen atoms in total.